The van der Waals surface area contributed by atoms with Gasteiger partial charge in [0.25, 0.3) is 0 Å². The SMILES string of the molecule is CCCCc1ccc(N=Nc2ccc(OCC[N+](C)(C)C)cc2)cc1.CCc1ccc(N=Nc2ccc(C)cc2)cc1.[Br-]. The van der Waals surface area contributed by atoms with Gasteiger partial charge in [0.1, 0.15) is 18.9 Å². The molecule has 0 radical (unpaired) electrons. The molecule has 7 heteroatoms. The lowest BCUT2D eigenvalue weighted by molar-refractivity contribution is -0.870. The molecule has 43 heavy (non-hydrogen) atoms. The molecule has 0 atom stereocenters. The van der Waals surface area contributed by atoms with Gasteiger partial charge >= 0.3 is 0 Å². The van der Waals surface area contributed by atoms with E-state index in [9.17, 15) is 0 Å². The number of likely N-dealkylation sites (N-methyl/N-ethyl adjacent to an activating group) is 1. The van der Waals surface area contributed by atoms with E-state index in [1.54, 1.807) is 0 Å². The number of aryl methyl sites for hydroxylation is 3. The summed E-state index contributed by atoms with van der Waals surface area (Å²) in [5, 5.41) is 17.0. The fraction of sp³-hybridized carbons (Fsp3) is 0.333. The van der Waals surface area contributed by atoms with Crippen LogP contribution in [-0.2, 0) is 12.8 Å². The fourth-order valence-corrected chi connectivity index (χ4v) is 3.80. The van der Waals surface area contributed by atoms with E-state index in [0.717, 1.165) is 52.4 Å². The number of halogens is 1. The van der Waals surface area contributed by atoms with Crippen LogP contribution < -0.4 is 21.7 Å². The Morgan fingerprint density at radius 3 is 1.42 bits per heavy atom. The summed E-state index contributed by atoms with van der Waals surface area (Å²) in [7, 11) is 6.47. The summed E-state index contributed by atoms with van der Waals surface area (Å²) in [5.41, 5.74) is 7.39. The van der Waals surface area contributed by atoms with Gasteiger partial charge in [0.2, 0.25) is 0 Å². The van der Waals surface area contributed by atoms with Crippen molar-refractivity contribution in [2.45, 2.75) is 46.5 Å². The van der Waals surface area contributed by atoms with Crippen LogP contribution in [-0.4, -0.2) is 38.8 Å². The van der Waals surface area contributed by atoms with Crippen LogP contribution in [0.1, 0.15) is 43.4 Å². The van der Waals surface area contributed by atoms with Crippen LogP contribution in [0, 0.1) is 6.92 Å². The molecule has 0 saturated carbocycles. The van der Waals surface area contributed by atoms with Crippen LogP contribution in [0.4, 0.5) is 22.7 Å². The molecule has 4 aromatic rings. The highest BCUT2D eigenvalue weighted by Gasteiger charge is 2.06. The number of nitrogens with zero attached hydrogens (tertiary/aromatic N) is 5. The Hall–Kier alpha value is -3.68. The van der Waals surface area contributed by atoms with E-state index in [0.29, 0.717) is 6.61 Å². The van der Waals surface area contributed by atoms with E-state index < -0.39 is 0 Å². The number of benzene rings is 4. The highest BCUT2D eigenvalue weighted by molar-refractivity contribution is 5.44. The minimum absolute atomic E-state index is 0. The molecule has 0 heterocycles. The smallest absolute Gasteiger partial charge is 0.137 e. The molecule has 0 fully saturated rings. The number of azo groups is 2. The summed E-state index contributed by atoms with van der Waals surface area (Å²) < 4.78 is 6.65. The van der Waals surface area contributed by atoms with Crippen LogP contribution in [0.15, 0.2) is 118 Å². The molecule has 0 N–H and O–H groups in total. The average molecular weight is 645 g/mol. The zero-order valence-electron chi connectivity index (χ0n) is 26.5. The molecule has 0 amide bonds. The third-order valence-corrected chi connectivity index (χ3v) is 6.56. The van der Waals surface area contributed by atoms with Crippen molar-refractivity contribution in [1.82, 2.24) is 0 Å². The number of hydrogen-bond acceptors (Lipinski definition) is 5. The third-order valence-electron chi connectivity index (χ3n) is 6.56. The van der Waals surface area contributed by atoms with E-state index in [1.165, 1.54) is 29.5 Å². The molecule has 0 spiro atoms. The topological polar surface area (TPSA) is 58.7 Å². The van der Waals surface area contributed by atoms with Gasteiger partial charge in [-0.25, -0.2) is 0 Å². The van der Waals surface area contributed by atoms with Gasteiger partial charge in [-0.1, -0.05) is 62.2 Å². The van der Waals surface area contributed by atoms with Crippen molar-refractivity contribution in [1.29, 1.82) is 0 Å². The normalized spacial score (nSPS) is 11.2. The highest BCUT2D eigenvalue weighted by Crippen LogP contribution is 2.22. The summed E-state index contributed by atoms with van der Waals surface area (Å²) in [6.07, 6.45) is 4.62. The van der Waals surface area contributed by atoms with E-state index in [2.05, 4.69) is 86.6 Å². The monoisotopic (exact) mass is 643 g/mol. The zero-order chi connectivity index (χ0) is 30.2. The molecule has 0 aromatic heterocycles. The van der Waals surface area contributed by atoms with Crippen LogP contribution in [0.3, 0.4) is 0 Å². The lowest BCUT2D eigenvalue weighted by atomic mass is 10.1. The Balaban J connectivity index is 0.000000313. The summed E-state index contributed by atoms with van der Waals surface area (Å²) >= 11 is 0. The first-order valence-corrected chi connectivity index (χ1v) is 14.9. The van der Waals surface area contributed by atoms with Crippen LogP contribution in [0.5, 0.6) is 5.75 Å². The van der Waals surface area contributed by atoms with Gasteiger partial charge in [-0.15, -0.1) is 0 Å². The molecule has 4 aromatic carbocycles. The average Bonchev–Trinajstić information content (AvgIpc) is 3.00. The van der Waals surface area contributed by atoms with Gasteiger partial charge in [-0.2, -0.15) is 20.5 Å². The van der Waals surface area contributed by atoms with Crippen molar-refractivity contribution in [2.24, 2.45) is 20.5 Å². The number of hydrogen-bond donors (Lipinski definition) is 0. The maximum absolute atomic E-state index is 5.76. The Labute approximate surface area is 268 Å². The summed E-state index contributed by atoms with van der Waals surface area (Å²) in [6, 6.07) is 32.2. The van der Waals surface area contributed by atoms with Crippen molar-refractivity contribution >= 4 is 22.7 Å². The maximum atomic E-state index is 5.76. The highest BCUT2D eigenvalue weighted by atomic mass is 79.9. The van der Waals surface area contributed by atoms with E-state index >= 15 is 0 Å². The maximum Gasteiger partial charge on any atom is 0.137 e. The summed E-state index contributed by atoms with van der Waals surface area (Å²) in [4.78, 5) is 0. The molecule has 228 valence electrons. The van der Waals surface area contributed by atoms with Crippen molar-refractivity contribution in [3.05, 3.63) is 114 Å². The predicted molar refractivity (Wildman–Crippen MR) is 175 cm³/mol. The van der Waals surface area contributed by atoms with Crippen molar-refractivity contribution in [3.8, 4) is 5.75 Å². The Morgan fingerprint density at radius 1 is 0.581 bits per heavy atom. The molecule has 0 saturated heterocycles. The molecule has 6 nitrogen and oxygen atoms in total. The minimum Gasteiger partial charge on any atom is -1.00 e. The Bertz CT molecular complexity index is 1380. The molecule has 0 aliphatic carbocycles. The molecule has 4 rings (SSSR count). The molecular weight excluding hydrogens is 598 g/mol. The van der Waals surface area contributed by atoms with Crippen molar-refractivity contribution < 1.29 is 26.2 Å². The second-order valence-electron chi connectivity index (χ2n) is 11.4. The fourth-order valence-electron chi connectivity index (χ4n) is 3.80. The predicted octanol–water partition coefficient (Wildman–Crippen LogP) is 7.51. The van der Waals surface area contributed by atoms with Gasteiger partial charge in [0.15, 0.2) is 0 Å². The van der Waals surface area contributed by atoms with E-state index in [4.69, 9.17) is 4.74 Å². The Kier molecular flexibility index (Phi) is 15.5. The Morgan fingerprint density at radius 2 is 1.00 bits per heavy atom. The first kappa shape index (κ1) is 35.5. The van der Waals surface area contributed by atoms with Crippen LogP contribution in [0.2, 0.25) is 0 Å². The standard InChI is InChI=1S/C21H30N3O.C15H16N2.BrH/c1-5-6-7-18-8-10-19(11-9-18)22-23-20-12-14-21(15-13-20)25-17-16-24(2,3)4;1-3-13-6-10-15(11-7-13)17-16-14-8-4-12(2)5-9-14;/h8-15H,5-7,16-17H2,1-4H3;4-11H,3H2,1-2H3;1H/q+1;;/p-1. The van der Waals surface area contributed by atoms with Gasteiger partial charge < -0.3 is 26.2 Å². The van der Waals surface area contributed by atoms with Gasteiger partial charge in [-0.05, 0) is 98.0 Å². The molecule has 0 aliphatic rings. The second-order valence-corrected chi connectivity index (χ2v) is 11.4. The van der Waals surface area contributed by atoms with E-state index in [1.807, 2.05) is 72.8 Å². The number of rotatable bonds is 12. The van der Waals surface area contributed by atoms with Gasteiger partial charge in [-0.3, -0.25) is 0 Å². The quantitative estimate of drug-likeness (QED) is 0.116. The lowest BCUT2D eigenvalue weighted by Gasteiger charge is -2.23. The lowest BCUT2D eigenvalue weighted by Crippen LogP contribution is -3.00. The minimum atomic E-state index is 0. The zero-order valence-corrected chi connectivity index (χ0v) is 28.1. The number of ether oxygens (including phenoxy) is 1. The first-order valence-electron chi connectivity index (χ1n) is 14.9. The van der Waals surface area contributed by atoms with E-state index in [-0.39, 0.29) is 17.0 Å². The molecule has 0 bridgehead atoms. The molecule has 0 unspecified atom stereocenters. The number of quaternary nitrogens is 1. The van der Waals surface area contributed by atoms with Gasteiger partial charge in [0.05, 0.1) is 43.9 Å². The second kappa shape index (κ2) is 18.8. The summed E-state index contributed by atoms with van der Waals surface area (Å²) in [6.45, 7) is 8.08. The summed E-state index contributed by atoms with van der Waals surface area (Å²) in [5.74, 6) is 0.868. The van der Waals surface area contributed by atoms with Crippen molar-refractivity contribution in [3.63, 3.8) is 0 Å². The molecular formula is C36H46BrN5O. The van der Waals surface area contributed by atoms with Crippen molar-refractivity contribution in [2.75, 3.05) is 34.3 Å². The first-order chi connectivity index (χ1) is 20.2. The largest absolute Gasteiger partial charge is 1.00 e. The van der Waals surface area contributed by atoms with Crippen LogP contribution in [0.25, 0.3) is 0 Å². The van der Waals surface area contributed by atoms with Gasteiger partial charge in [0, 0.05) is 0 Å². The van der Waals surface area contributed by atoms with Crippen LogP contribution >= 0.6 is 0 Å². The third kappa shape index (κ3) is 14.4. The number of unbranched alkanes of at least 4 members (excludes halogenated alkanes) is 1. The molecule has 0 aliphatic heterocycles.